The number of amides is 1. The second-order valence-corrected chi connectivity index (χ2v) is 8.23. The summed E-state index contributed by atoms with van der Waals surface area (Å²) in [5.41, 5.74) is 5.51. The number of benzene rings is 1. The molecule has 1 aromatic carbocycles. The average molecular weight is 342 g/mol. The number of anilines is 1. The highest BCUT2D eigenvalue weighted by molar-refractivity contribution is 7.94. The fraction of sp³-hybridized carbons (Fsp3) is 0.214. The summed E-state index contributed by atoms with van der Waals surface area (Å²) in [6.07, 6.45) is 0. The van der Waals surface area contributed by atoms with E-state index in [2.05, 4.69) is 0 Å². The van der Waals surface area contributed by atoms with E-state index in [0.717, 1.165) is 32.1 Å². The van der Waals surface area contributed by atoms with E-state index >= 15 is 0 Å². The molecule has 2 aromatic rings. The molecule has 5 nitrogen and oxygen atoms in total. The van der Waals surface area contributed by atoms with Gasteiger partial charge in [-0.15, -0.1) is 11.3 Å². The monoisotopic (exact) mass is 342 g/mol. The van der Waals surface area contributed by atoms with Gasteiger partial charge in [0.15, 0.2) is 0 Å². The van der Waals surface area contributed by atoms with E-state index < -0.39 is 21.7 Å². The van der Waals surface area contributed by atoms with Crippen molar-refractivity contribution in [2.24, 2.45) is 5.73 Å². The van der Waals surface area contributed by atoms with E-state index in [1.165, 1.54) is 25.2 Å². The average Bonchev–Trinajstić information content (AvgIpc) is 2.78. The minimum absolute atomic E-state index is 0.0867. The van der Waals surface area contributed by atoms with Crippen LogP contribution >= 0.6 is 11.3 Å². The Labute approximate surface area is 132 Å². The van der Waals surface area contributed by atoms with Gasteiger partial charge in [-0.2, -0.15) is 0 Å². The van der Waals surface area contributed by atoms with Crippen LogP contribution in [0.5, 0.6) is 0 Å². The van der Waals surface area contributed by atoms with Gasteiger partial charge in [0, 0.05) is 11.9 Å². The molecule has 0 saturated heterocycles. The number of aryl methyl sites for hydroxylation is 2. The van der Waals surface area contributed by atoms with Crippen molar-refractivity contribution in [3.8, 4) is 0 Å². The van der Waals surface area contributed by atoms with Crippen LogP contribution in [0.3, 0.4) is 0 Å². The first-order chi connectivity index (χ1) is 10.2. The SMILES string of the molecule is Cc1cc(S(=O)(=O)N(C)c2c(F)cccc2C(N)=O)sc1C. The van der Waals surface area contributed by atoms with Crippen LogP contribution in [-0.2, 0) is 10.0 Å². The quantitative estimate of drug-likeness (QED) is 0.926. The first kappa shape index (κ1) is 16.4. The molecule has 8 heteroatoms. The molecule has 0 radical (unpaired) electrons. The normalized spacial score (nSPS) is 11.5. The molecule has 22 heavy (non-hydrogen) atoms. The lowest BCUT2D eigenvalue weighted by molar-refractivity contribution is 0.100. The molecule has 0 aliphatic rings. The van der Waals surface area contributed by atoms with Gasteiger partial charge in [-0.05, 0) is 37.6 Å². The maximum atomic E-state index is 14.1. The van der Waals surface area contributed by atoms with Gasteiger partial charge in [0.25, 0.3) is 15.9 Å². The number of primary amides is 1. The standard InChI is InChI=1S/C14H15FN2O3S2/c1-8-7-12(21-9(8)2)22(19,20)17(3)13-10(14(16)18)5-4-6-11(13)15/h4-7H,1-3H3,(H2,16,18). The molecule has 0 saturated carbocycles. The topological polar surface area (TPSA) is 80.5 Å². The Kier molecular flexibility index (Phi) is 4.25. The minimum atomic E-state index is -3.97. The second-order valence-electron chi connectivity index (χ2n) is 4.78. The van der Waals surface area contributed by atoms with Crippen LogP contribution in [0.25, 0.3) is 0 Å². The zero-order valence-electron chi connectivity index (χ0n) is 12.3. The predicted molar refractivity (Wildman–Crippen MR) is 84.3 cm³/mol. The van der Waals surface area contributed by atoms with Crippen LogP contribution in [0.2, 0.25) is 0 Å². The fourth-order valence-electron chi connectivity index (χ4n) is 1.96. The highest BCUT2D eigenvalue weighted by Gasteiger charge is 2.28. The Hall–Kier alpha value is -1.93. The molecule has 0 aliphatic carbocycles. The van der Waals surface area contributed by atoms with Crippen molar-refractivity contribution in [1.82, 2.24) is 0 Å². The van der Waals surface area contributed by atoms with Gasteiger partial charge < -0.3 is 5.73 Å². The lowest BCUT2D eigenvalue weighted by atomic mass is 10.1. The van der Waals surface area contributed by atoms with Crippen molar-refractivity contribution >= 4 is 33.0 Å². The molecule has 0 aliphatic heterocycles. The molecule has 0 fully saturated rings. The summed E-state index contributed by atoms with van der Waals surface area (Å²) in [7, 11) is -2.77. The Bertz CT molecular complexity index is 824. The Balaban J connectivity index is 2.61. The van der Waals surface area contributed by atoms with Crippen LogP contribution in [0, 0.1) is 19.7 Å². The van der Waals surface area contributed by atoms with Crippen LogP contribution in [-0.4, -0.2) is 21.4 Å². The molecule has 0 spiro atoms. The number of nitrogens with two attached hydrogens (primary N) is 1. The molecule has 2 rings (SSSR count). The number of nitrogens with zero attached hydrogens (tertiary/aromatic N) is 1. The first-order valence-electron chi connectivity index (χ1n) is 6.30. The van der Waals surface area contributed by atoms with Crippen molar-refractivity contribution in [2.45, 2.75) is 18.1 Å². The van der Waals surface area contributed by atoms with Crippen molar-refractivity contribution in [3.05, 3.63) is 46.1 Å². The lowest BCUT2D eigenvalue weighted by Crippen LogP contribution is -2.29. The third kappa shape index (κ3) is 2.71. The second kappa shape index (κ2) is 5.69. The summed E-state index contributed by atoms with van der Waals surface area (Å²) in [6.45, 7) is 3.60. The van der Waals surface area contributed by atoms with E-state index in [4.69, 9.17) is 5.73 Å². The summed E-state index contributed by atoms with van der Waals surface area (Å²) < 4.78 is 40.2. The zero-order chi connectivity index (χ0) is 16.7. The molecule has 1 aromatic heterocycles. The summed E-state index contributed by atoms with van der Waals surface area (Å²) in [6, 6.07) is 5.20. The maximum absolute atomic E-state index is 14.1. The molecular formula is C14H15FN2O3S2. The molecular weight excluding hydrogens is 327 g/mol. The number of para-hydroxylation sites is 1. The van der Waals surface area contributed by atoms with Gasteiger partial charge in [0.2, 0.25) is 0 Å². The minimum Gasteiger partial charge on any atom is -0.366 e. The van der Waals surface area contributed by atoms with Gasteiger partial charge in [-0.3, -0.25) is 9.10 Å². The van der Waals surface area contributed by atoms with Crippen LogP contribution in [0.1, 0.15) is 20.8 Å². The van der Waals surface area contributed by atoms with Gasteiger partial charge >= 0.3 is 0 Å². The molecule has 1 amide bonds. The first-order valence-corrected chi connectivity index (χ1v) is 8.56. The number of carbonyl (C=O) groups is 1. The third-order valence-electron chi connectivity index (χ3n) is 3.33. The lowest BCUT2D eigenvalue weighted by Gasteiger charge is -2.21. The third-order valence-corrected chi connectivity index (χ3v) is 6.68. The van der Waals surface area contributed by atoms with E-state index in [-0.39, 0.29) is 15.5 Å². The number of sulfonamides is 1. The summed E-state index contributed by atoms with van der Waals surface area (Å²) in [4.78, 5) is 12.3. The molecule has 0 atom stereocenters. The molecule has 0 unspecified atom stereocenters. The van der Waals surface area contributed by atoms with Gasteiger partial charge in [0.1, 0.15) is 10.0 Å². The Morgan fingerprint density at radius 2 is 1.95 bits per heavy atom. The van der Waals surface area contributed by atoms with Crippen molar-refractivity contribution < 1.29 is 17.6 Å². The Morgan fingerprint density at radius 3 is 2.45 bits per heavy atom. The Morgan fingerprint density at radius 1 is 1.32 bits per heavy atom. The highest BCUT2D eigenvalue weighted by atomic mass is 32.2. The number of hydrogen-bond acceptors (Lipinski definition) is 4. The summed E-state index contributed by atoms with van der Waals surface area (Å²) in [5, 5.41) is 0. The molecule has 0 bridgehead atoms. The largest absolute Gasteiger partial charge is 0.366 e. The van der Waals surface area contributed by atoms with Crippen LogP contribution < -0.4 is 10.0 Å². The van der Waals surface area contributed by atoms with E-state index in [0.29, 0.717) is 0 Å². The van der Waals surface area contributed by atoms with Crippen molar-refractivity contribution in [3.63, 3.8) is 0 Å². The smallest absolute Gasteiger partial charge is 0.273 e. The highest BCUT2D eigenvalue weighted by Crippen LogP contribution is 2.32. The number of halogens is 1. The molecule has 118 valence electrons. The number of thiophene rings is 1. The molecule has 2 N–H and O–H groups in total. The molecule has 1 heterocycles. The van der Waals surface area contributed by atoms with E-state index in [1.54, 1.807) is 13.8 Å². The predicted octanol–water partition coefficient (Wildman–Crippen LogP) is 2.43. The maximum Gasteiger partial charge on any atom is 0.273 e. The van der Waals surface area contributed by atoms with E-state index in [1.807, 2.05) is 0 Å². The van der Waals surface area contributed by atoms with Crippen LogP contribution in [0.4, 0.5) is 10.1 Å². The van der Waals surface area contributed by atoms with Crippen molar-refractivity contribution in [1.29, 1.82) is 0 Å². The van der Waals surface area contributed by atoms with Gasteiger partial charge in [-0.25, -0.2) is 12.8 Å². The van der Waals surface area contributed by atoms with Crippen molar-refractivity contribution in [2.75, 3.05) is 11.4 Å². The van der Waals surface area contributed by atoms with Gasteiger partial charge in [-0.1, -0.05) is 6.07 Å². The zero-order valence-corrected chi connectivity index (χ0v) is 13.9. The summed E-state index contributed by atoms with van der Waals surface area (Å²) >= 11 is 1.10. The summed E-state index contributed by atoms with van der Waals surface area (Å²) in [5.74, 6) is -1.72. The number of rotatable bonds is 4. The number of carbonyl (C=O) groups excluding carboxylic acids is 1. The van der Waals surface area contributed by atoms with E-state index in [9.17, 15) is 17.6 Å². The van der Waals surface area contributed by atoms with Gasteiger partial charge in [0.05, 0.1) is 11.3 Å². The van der Waals surface area contributed by atoms with Crippen LogP contribution in [0.15, 0.2) is 28.5 Å². The fourth-order valence-corrected chi connectivity index (χ4v) is 4.87. The number of hydrogen-bond donors (Lipinski definition) is 1.